The second-order valence-electron chi connectivity index (χ2n) is 5.30. The number of urea groups is 1. The van der Waals surface area contributed by atoms with E-state index in [4.69, 9.17) is 0 Å². The predicted octanol–water partition coefficient (Wildman–Crippen LogP) is 0.838. The molecule has 0 saturated carbocycles. The van der Waals surface area contributed by atoms with Gasteiger partial charge in [-0.2, -0.15) is 0 Å². The first-order valence-corrected chi connectivity index (χ1v) is 7.00. The maximum absolute atomic E-state index is 11.9. The Bertz CT molecular complexity index is 427. The van der Waals surface area contributed by atoms with E-state index in [1.807, 2.05) is 4.90 Å². The molecule has 0 aliphatic carbocycles. The number of hydrogen-bond acceptors (Lipinski definition) is 3. The molecule has 2 saturated heterocycles. The van der Waals surface area contributed by atoms with Crippen LogP contribution in [0, 0.1) is 0 Å². The fourth-order valence-electron chi connectivity index (χ4n) is 2.71. The summed E-state index contributed by atoms with van der Waals surface area (Å²) in [5.74, 6) is -0.0104. The molecule has 4 amide bonds. The molecule has 0 N–H and O–H groups in total. The van der Waals surface area contributed by atoms with Gasteiger partial charge in [-0.3, -0.25) is 14.5 Å². The molecule has 2 heterocycles. The van der Waals surface area contributed by atoms with Crippen molar-refractivity contribution in [2.75, 3.05) is 26.7 Å². The Labute approximate surface area is 119 Å². The third kappa shape index (κ3) is 2.84. The smallest absolute Gasteiger partial charge is 0.327 e. The van der Waals surface area contributed by atoms with E-state index in [9.17, 15) is 14.4 Å². The molecule has 6 nitrogen and oxygen atoms in total. The van der Waals surface area contributed by atoms with Crippen molar-refractivity contribution in [2.45, 2.75) is 31.7 Å². The van der Waals surface area contributed by atoms with E-state index < -0.39 is 0 Å². The van der Waals surface area contributed by atoms with Crippen LogP contribution in [0.3, 0.4) is 0 Å². The van der Waals surface area contributed by atoms with Crippen LogP contribution in [0.2, 0.25) is 0 Å². The maximum atomic E-state index is 11.9. The minimum atomic E-state index is -0.216. The SMILES string of the molecule is C=CCCC(=O)N1CCC(N2CC(=O)N(C)C2=O)CC1. The number of piperidine rings is 1. The van der Waals surface area contributed by atoms with E-state index in [-0.39, 0.29) is 30.4 Å². The number of nitrogens with zero attached hydrogens (tertiary/aromatic N) is 3. The fraction of sp³-hybridized carbons (Fsp3) is 0.643. The number of likely N-dealkylation sites (tertiary alicyclic amines) is 1. The van der Waals surface area contributed by atoms with Gasteiger partial charge >= 0.3 is 6.03 Å². The first-order chi connectivity index (χ1) is 9.54. The number of imide groups is 1. The van der Waals surface area contributed by atoms with Crippen LogP contribution in [0.5, 0.6) is 0 Å². The number of likely N-dealkylation sites (N-methyl/N-ethyl adjacent to an activating group) is 1. The van der Waals surface area contributed by atoms with Gasteiger partial charge in [-0.15, -0.1) is 6.58 Å². The lowest BCUT2D eigenvalue weighted by atomic mass is 10.0. The van der Waals surface area contributed by atoms with Crippen LogP contribution in [0.4, 0.5) is 4.79 Å². The summed E-state index contributed by atoms with van der Waals surface area (Å²) >= 11 is 0. The molecule has 2 fully saturated rings. The van der Waals surface area contributed by atoms with Crippen molar-refractivity contribution in [3.05, 3.63) is 12.7 Å². The molecule has 0 aromatic carbocycles. The quantitative estimate of drug-likeness (QED) is 0.566. The van der Waals surface area contributed by atoms with Gasteiger partial charge in [0, 0.05) is 32.6 Å². The Hall–Kier alpha value is -1.85. The van der Waals surface area contributed by atoms with Gasteiger partial charge in [0.15, 0.2) is 0 Å². The maximum Gasteiger partial charge on any atom is 0.327 e. The molecule has 2 aliphatic heterocycles. The lowest BCUT2D eigenvalue weighted by Crippen LogP contribution is -2.47. The zero-order valence-electron chi connectivity index (χ0n) is 11.9. The molecule has 20 heavy (non-hydrogen) atoms. The number of hydrogen-bond donors (Lipinski definition) is 0. The minimum absolute atomic E-state index is 0.0693. The van der Waals surface area contributed by atoms with Crippen molar-refractivity contribution in [1.82, 2.24) is 14.7 Å². The largest absolute Gasteiger partial charge is 0.343 e. The van der Waals surface area contributed by atoms with Crippen LogP contribution in [0.25, 0.3) is 0 Å². The van der Waals surface area contributed by atoms with Crippen molar-refractivity contribution in [2.24, 2.45) is 0 Å². The molecule has 0 atom stereocenters. The fourth-order valence-corrected chi connectivity index (χ4v) is 2.71. The van der Waals surface area contributed by atoms with Gasteiger partial charge in [-0.25, -0.2) is 4.79 Å². The summed E-state index contributed by atoms with van der Waals surface area (Å²) < 4.78 is 0. The lowest BCUT2D eigenvalue weighted by molar-refractivity contribution is -0.132. The van der Waals surface area contributed by atoms with Crippen LogP contribution in [0.15, 0.2) is 12.7 Å². The summed E-state index contributed by atoms with van der Waals surface area (Å²) in [6.45, 7) is 5.09. The van der Waals surface area contributed by atoms with Crippen LogP contribution in [0.1, 0.15) is 25.7 Å². The molecule has 0 aromatic heterocycles. The standard InChI is InChI=1S/C14H21N3O3/c1-3-4-5-12(18)16-8-6-11(7-9-16)17-10-13(19)15(2)14(17)20/h3,11H,1,4-10H2,2H3. The molecule has 110 valence electrons. The van der Waals surface area contributed by atoms with Crippen molar-refractivity contribution in [1.29, 1.82) is 0 Å². The van der Waals surface area contributed by atoms with Crippen molar-refractivity contribution >= 4 is 17.8 Å². The molecular weight excluding hydrogens is 258 g/mol. The average Bonchev–Trinajstić information content (AvgIpc) is 2.72. The van der Waals surface area contributed by atoms with E-state index >= 15 is 0 Å². The van der Waals surface area contributed by atoms with Gasteiger partial charge in [-0.1, -0.05) is 6.08 Å². The molecular formula is C14H21N3O3. The summed E-state index contributed by atoms with van der Waals surface area (Å²) in [4.78, 5) is 40.0. The van der Waals surface area contributed by atoms with Crippen LogP contribution in [-0.4, -0.2) is 65.3 Å². The summed E-state index contributed by atoms with van der Waals surface area (Å²) in [6, 6.07) is -0.147. The van der Waals surface area contributed by atoms with Crippen LogP contribution >= 0.6 is 0 Å². The zero-order valence-corrected chi connectivity index (χ0v) is 11.9. The second-order valence-corrected chi connectivity index (χ2v) is 5.30. The Morgan fingerprint density at radius 3 is 2.50 bits per heavy atom. The number of carbonyl (C=O) groups is 3. The highest BCUT2D eigenvalue weighted by Gasteiger charge is 2.38. The summed E-state index contributed by atoms with van der Waals surface area (Å²) in [6.07, 6.45) is 4.43. The Morgan fingerprint density at radius 2 is 2.00 bits per heavy atom. The molecule has 2 rings (SSSR count). The third-order valence-electron chi connectivity index (χ3n) is 4.03. The van der Waals surface area contributed by atoms with Crippen LogP contribution in [-0.2, 0) is 9.59 Å². The second kappa shape index (κ2) is 6.07. The number of carbonyl (C=O) groups excluding carboxylic acids is 3. The molecule has 0 unspecified atom stereocenters. The Balaban J connectivity index is 1.85. The highest BCUT2D eigenvalue weighted by molar-refractivity contribution is 6.01. The summed E-state index contributed by atoms with van der Waals surface area (Å²) in [7, 11) is 1.51. The van der Waals surface area contributed by atoms with E-state index in [1.165, 1.54) is 11.9 Å². The van der Waals surface area contributed by atoms with Gasteiger partial charge in [0.05, 0.1) is 0 Å². The number of rotatable bonds is 4. The van der Waals surface area contributed by atoms with Gasteiger partial charge < -0.3 is 9.80 Å². The number of amides is 4. The van der Waals surface area contributed by atoms with E-state index in [0.717, 1.165) is 12.8 Å². The number of allylic oxidation sites excluding steroid dienone is 1. The summed E-state index contributed by atoms with van der Waals surface area (Å²) in [5.41, 5.74) is 0. The third-order valence-corrected chi connectivity index (χ3v) is 4.03. The predicted molar refractivity (Wildman–Crippen MR) is 73.9 cm³/mol. The average molecular weight is 279 g/mol. The Kier molecular flexibility index (Phi) is 4.42. The summed E-state index contributed by atoms with van der Waals surface area (Å²) in [5, 5.41) is 0. The zero-order chi connectivity index (χ0) is 14.7. The van der Waals surface area contributed by atoms with Crippen molar-refractivity contribution in [3.8, 4) is 0 Å². The van der Waals surface area contributed by atoms with E-state index in [1.54, 1.807) is 11.0 Å². The Morgan fingerprint density at radius 1 is 1.35 bits per heavy atom. The molecule has 0 aromatic rings. The molecule has 2 aliphatic rings. The molecule has 0 spiro atoms. The van der Waals surface area contributed by atoms with Gasteiger partial charge in [0.1, 0.15) is 6.54 Å². The highest BCUT2D eigenvalue weighted by Crippen LogP contribution is 2.21. The topological polar surface area (TPSA) is 60.9 Å². The first kappa shape index (κ1) is 14.6. The first-order valence-electron chi connectivity index (χ1n) is 7.00. The molecule has 0 radical (unpaired) electrons. The molecule has 6 heteroatoms. The van der Waals surface area contributed by atoms with Gasteiger partial charge in [-0.05, 0) is 19.3 Å². The van der Waals surface area contributed by atoms with Crippen LogP contribution < -0.4 is 0 Å². The normalized spacial score (nSPS) is 20.8. The molecule has 0 bridgehead atoms. The van der Waals surface area contributed by atoms with Gasteiger partial charge in [0.25, 0.3) is 0 Å². The van der Waals surface area contributed by atoms with Crippen molar-refractivity contribution in [3.63, 3.8) is 0 Å². The monoisotopic (exact) mass is 279 g/mol. The van der Waals surface area contributed by atoms with E-state index in [2.05, 4.69) is 6.58 Å². The van der Waals surface area contributed by atoms with Crippen molar-refractivity contribution < 1.29 is 14.4 Å². The highest BCUT2D eigenvalue weighted by atomic mass is 16.2. The lowest BCUT2D eigenvalue weighted by Gasteiger charge is -2.36. The van der Waals surface area contributed by atoms with Gasteiger partial charge in [0.2, 0.25) is 11.8 Å². The minimum Gasteiger partial charge on any atom is -0.343 e. The van der Waals surface area contributed by atoms with E-state index in [0.29, 0.717) is 25.9 Å².